The van der Waals surface area contributed by atoms with E-state index in [4.69, 9.17) is 5.11 Å². The lowest BCUT2D eigenvalue weighted by Crippen LogP contribution is -2.49. The van der Waals surface area contributed by atoms with Gasteiger partial charge >= 0.3 is 5.97 Å². The first-order valence-electron chi connectivity index (χ1n) is 11.3. The topological polar surface area (TPSA) is 74.7 Å². The number of nitrogens with zero attached hydrogens (tertiary/aromatic N) is 1. The highest BCUT2D eigenvalue weighted by molar-refractivity contribution is 5.79. The van der Waals surface area contributed by atoms with Gasteiger partial charge in [0.25, 0.3) is 0 Å². The van der Waals surface area contributed by atoms with E-state index in [0.29, 0.717) is 49.8 Å². The van der Waals surface area contributed by atoms with Gasteiger partial charge in [0, 0.05) is 38.3 Å². The number of amides is 1. The molecule has 0 aromatic rings. The molecule has 28 heavy (non-hydrogen) atoms. The number of carboxylic acids is 1. The van der Waals surface area contributed by atoms with Gasteiger partial charge in [0.1, 0.15) is 5.78 Å². The van der Waals surface area contributed by atoms with E-state index in [9.17, 15) is 14.4 Å². The summed E-state index contributed by atoms with van der Waals surface area (Å²) < 4.78 is 0. The van der Waals surface area contributed by atoms with Gasteiger partial charge in [-0.15, -0.1) is 0 Å². The third kappa shape index (κ3) is 8.74. The van der Waals surface area contributed by atoms with Crippen molar-refractivity contribution in [2.45, 2.75) is 104 Å². The van der Waals surface area contributed by atoms with Crippen molar-refractivity contribution in [2.75, 3.05) is 6.54 Å². The second kappa shape index (κ2) is 12.9. The fourth-order valence-corrected chi connectivity index (χ4v) is 4.30. The summed E-state index contributed by atoms with van der Waals surface area (Å²) in [5.41, 5.74) is 0. The Kier molecular flexibility index (Phi) is 11.4. The van der Waals surface area contributed by atoms with Crippen LogP contribution >= 0.6 is 0 Å². The minimum absolute atomic E-state index is 0.157. The van der Waals surface area contributed by atoms with Gasteiger partial charge in [0.2, 0.25) is 5.91 Å². The summed E-state index contributed by atoms with van der Waals surface area (Å²) in [5.74, 6) is 0.697. The molecule has 1 heterocycles. The predicted molar refractivity (Wildman–Crippen MR) is 112 cm³/mol. The van der Waals surface area contributed by atoms with Gasteiger partial charge < -0.3 is 10.0 Å². The van der Waals surface area contributed by atoms with Gasteiger partial charge in [-0.05, 0) is 49.9 Å². The highest BCUT2D eigenvalue weighted by Gasteiger charge is 2.34. The molecule has 0 unspecified atom stereocenters. The molecular formula is C23H41NO4. The van der Waals surface area contributed by atoms with E-state index in [1.165, 1.54) is 0 Å². The first kappa shape index (κ1) is 24.6. The molecule has 1 rings (SSSR count). The number of likely N-dealkylation sites (tertiary alicyclic amines) is 1. The fourth-order valence-electron chi connectivity index (χ4n) is 4.30. The van der Waals surface area contributed by atoms with Crippen LogP contribution in [0.2, 0.25) is 0 Å². The summed E-state index contributed by atoms with van der Waals surface area (Å²) in [7, 11) is 0. The molecule has 0 radical (unpaired) electrons. The minimum atomic E-state index is -0.747. The second-order valence-corrected chi connectivity index (χ2v) is 8.92. The zero-order valence-electron chi connectivity index (χ0n) is 18.4. The molecule has 1 N–H and O–H groups in total. The Labute approximate surface area is 171 Å². The Morgan fingerprint density at radius 1 is 1.11 bits per heavy atom. The van der Waals surface area contributed by atoms with Gasteiger partial charge in [-0.2, -0.15) is 0 Å². The second-order valence-electron chi connectivity index (χ2n) is 8.92. The third-order valence-electron chi connectivity index (χ3n) is 6.38. The zero-order valence-corrected chi connectivity index (χ0v) is 18.4. The molecule has 1 aliphatic heterocycles. The summed E-state index contributed by atoms with van der Waals surface area (Å²) in [6.07, 6.45) is 8.69. The monoisotopic (exact) mass is 395 g/mol. The normalized spacial score (nSPS) is 20.6. The summed E-state index contributed by atoms with van der Waals surface area (Å²) in [5, 5.41) is 8.82. The van der Waals surface area contributed by atoms with Crippen LogP contribution in [0.5, 0.6) is 0 Å². The van der Waals surface area contributed by atoms with Crippen LogP contribution in [0, 0.1) is 17.8 Å². The minimum Gasteiger partial charge on any atom is -0.481 e. The fraction of sp³-hybridized carbons (Fsp3) is 0.870. The Morgan fingerprint density at radius 3 is 2.46 bits per heavy atom. The van der Waals surface area contributed by atoms with E-state index in [1.54, 1.807) is 0 Å². The maximum absolute atomic E-state index is 12.6. The van der Waals surface area contributed by atoms with E-state index >= 15 is 0 Å². The number of ketones is 1. The molecule has 162 valence electrons. The largest absolute Gasteiger partial charge is 0.481 e. The van der Waals surface area contributed by atoms with Crippen molar-refractivity contribution in [3.8, 4) is 0 Å². The number of carbonyl (C=O) groups is 3. The first-order chi connectivity index (χ1) is 13.3. The molecule has 0 saturated carbocycles. The molecule has 1 aliphatic rings. The van der Waals surface area contributed by atoms with Crippen LogP contribution in [0.3, 0.4) is 0 Å². The van der Waals surface area contributed by atoms with Crippen molar-refractivity contribution in [3.63, 3.8) is 0 Å². The van der Waals surface area contributed by atoms with E-state index in [1.807, 2.05) is 4.90 Å². The summed E-state index contributed by atoms with van der Waals surface area (Å²) in [6.45, 7) is 9.28. The van der Waals surface area contributed by atoms with E-state index < -0.39 is 5.97 Å². The van der Waals surface area contributed by atoms with E-state index in [0.717, 1.165) is 38.5 Å². The smallest absolute Gasteiger partial charge is 0.303 e. The molecule has 0 aliphatic carbocycles. The van der Waals surface area contributed by atoms with Crippen molar-refractivity contribution >= 4 is 17.7 Å². The van der Waals surface area contributed by atoms with Crippen LogP contribution in [0.15, 0.2) is 0 Å². The third-order valence-corrected chi connectivity index (χ3v) is 6.38. The van der Waals surface area contributed by atoms with Gasteiger partial charge in [-0.3, -0.25) is 14.4 Å². The molecule has 0 aromatic carbocycles. The van der Waals surface area contributed by atoms with Crippen LogP contribution in [-0.4, -0.2) is 40.3 Å². The lowest BCUT2D eigenvalue weighted by molar-refractivity contribution is -0.139. The highest BCUT2D eigenvalue weighted by Crippen LogP contribution is 2.29. The number of carbonyl (C=O) groups excluding carboxylic acids is 2. The molecular weight excluding hydrogens is 354 g/mol. The molecule has 0 aromatic heterocycles. The van der Waals surface area contributed by atoms with Crippen molar-refractivity contribution in [1.29, 1.82) is 0 Å². The number of hydrogen-bond donors (Lipinski definition) is 1. The lowest BCUT2D eigenvalue weighted by Gasteiger charge is -2.41. The van der Waals surface area contributed by atoms with Gasteiger partial charge in [0.15, 0.2) is 0 Å². The average molecular weight is 396 g/mol. The lowest BCUT2D eigenvalue weighted by atomic mass is 9.84. The summed E-state index contributed by atoms with van der Waals surface area (Å²) in [6, 6.07) is 0.157. The molecule has 4 atom stereocenters. The average Bonchev–Trinajstić information content (AvgIpc) is 2.62. The quantitative estimate of drug-likeness (QED) is 0.417. The summed E-state index contributed by atoms with van der Waals surface area (Å²) >= 11 is 0. The maximum Gasteiger partial charge on any atom is 0.303 e. The Balaban J connectivity index is 2.60. The molecule has 0 bridgehead atoms. The number of hydrogen-bond acceptors (Lipinski definition) is 3. The van der Waals surface area contributed by atoms with Crippen molar-refractivity contribution < 1.29 is 19.5 Å². The van der Waals surface area contributed by atoms with Crippen LogP contribution in [0.1, 0.15) is 98.3 Å². The van der Waals surface area contributed by atoms with Gasteiger partial charge in [-0.25, -0.2) is 0 Å². The number of Topliss-reactive ketones (excluding diaryl/α,β-unsaturated/α-hetero) is 1. The SMILES string of the molecule is CCCCCC(=O)C[C@H](C)[C@H]1CCCC(=O)N1C[C@@H](C)[C@@H](C)CCCC(=O)O. The van der Waals surface area contributed by atoms with E-state index in [-0.39, 0.29) is 24.3 Å². The van der Waals surface area contributed by atoms with Crippen LogP contribution < -0.4 is 0 Å². The highest BCUT2D eigenvalue weighted by atomic mass is 16.4. The molecule has 1 fully saturated rings. The van der Waals surface area contributed by atoms with Crippen LogP contribution in [-0.2, 0) is 14.4 Å². The van der Waals surface area contributed by atoms with Crippen molar-refractivity contribution in [3.05, 3.63) is 0 Å². The molecule has 1 saturated heterocycles. The Bertz CT molecular complexity index is 505. The molecule has 5 nitrogen and oxygen atoms in total. The number of piperidine rings is 1. The van der Waals surface area contributed by atoms with Crippen molar-refractivity contribution in [1.82, 2.24) is 4.90 Å². The zero-order chi connectivity index (χ0) is 21.1. The molecule has 1 amide bonds. The standard InChI is InChI=1S/C23H41NO4/c1-5-6-7-11-20(25)15-18(3)21-12-9-13-22(26)24(21)16-19(4)17(2)10-8-14-23(27)28/h17-19,21H,5-16H2,1-4H3,(H,27,28)/t17-,18-,19+,21+/m0/s1. The van der Waals surface area contributed by atoms with Gasteiger partial charge in [-0.1, -0.05) is 40.5 Å². The maximum atomic E-state index is 12.6. The molecule has 0 spiro atoms. The first-order valence-corrected chi connectivity index (χ1v) is 11.3. The van der Waals surface area contributed by atoms with Gasteiger partial charge in [0.05, 0.1) is 0 Å². The van der Waals surface area contributed by atoms with E-state index in [2.05, 4.69) is 27.7 Å². The summed E-state index contributed by atoms with van der Waals surface area (Å²) in [4.78, 5) is 37.7. The number of carboxylic acid groups (broad SMARTS) is 1. The molecule has 5 heteroatoms. The Morgan fingerprint density at radius 2 is 1.82 bits per heavy atom. The predicted octanol–water partition coefficient (Wildman–Crippen LogP) is 5.07. The number of rotatable bonds is 14. The van der Waals surface area contributed by atoms with Crippen LogP contribution in [0.25, 0.3) is 0 Å². The number of aliphatic carboxylic acids is 1. The van der Waals surface area contributed by atoms with Crippen LogP contribution in [0.4, 0.5) is 0 Å². The Hall–Kier alpha value is -1.39. The number of unbranched alkanes of at least 4 members (excludes halogenated alkanes) is 2. The van der Waals surface area contributed by atoms with Crippen molar-refractivity contribution in [2.24, 2.45) is 17.8 Å².